The average molecular weight is 1090 g/mol. The smallest absolute Gasteiger partial charge is 0.254 e. The monoisotopic (exact) mass is 1090 g/mol. The van der Waals surface area contributed by atoms with Crippen molar-refractivity contribution in [3.63, 3.8) is 0 Å². The zero-order chi connectivity index (χ0) is 54.3. The van der Waals surface area contributed by atoms with Crippen molar-refractivity contribution in [3.05, 3.63) is 23.9 Å². The van der Waals surface area contributed by atoms with Crippen LogP contribution in [0.5, 0.6) is 5.88 Å². The summed E-state index contributed by atoms with van der Waals surface area (Å²) in [6.45, 7) is -6.22. The van der Waals surface area contributed by atoms with Crippen molar-refractivity contribution in [1.29, 1.82) is 0 Å². The number of pyridine rings is 1. The normalized spacial score (nSPS) is 50.0. The molecule has 22 fully saturated rings. The number of carbonyl (C=O) groups excluding carboxylic acids is 1. The minimum Gasteiger partial charge on any atom is -0.468 e. The lowest BCUT2D eigenvalue weighted by Gasteiger charge is -2.51. The molecule has 428 valence electrons. The molecule has 0 radical (unpaired) electrons. The number of ether oxygens (including phenoxy) is 13. The topological polar surface area (TPSA) is 520 Å². The predicted octanol–water partition coefficient (Wildman–Crippen LogP) is -12.5. The lowest BCUT2D eigenvalue weighted by molar-refractivity contribution is -0.403. The van der Waals surface area contributed by atoms with Crippen LogP contribution in [0.2, 0.25) is 0 Å². The Labute approximate surface area is 423 Å². The number of hydrogen-bond acceptors (Lipinski definition) is 32. The molecule has 1 aromatic heterocycles. The van der Waals surface area contributed by atoms with E-state index < -0.39 is 236 Å². The van der Waals surface area contributed by atoms with Gasteiger partial charge in [0.25, 0.3) is 5.91 Å². The van der Waals surface area contributed by atoms with E-state index >= 15 is 0 Å². The van der Waals surface area contributed by atoms with Crippen LogP contribution in [0.4, 0.5) is 0 Å². The Kier molecular flexibility index (Phi) is 19.3. The summed E-state index contributed by atoms with van der Waals surface area (Å²) >= 11 is 0. The van der Waals surface area contributed by atoms with Crippen LogP contribution < -0.4 is 10.5 Å². The number of primary amides is 1. The quantitative estimate of drug-likeness (QED) is 0.109. The Bertz CT molecular complexity index is 1990. The van der Waals surface area contributed by atoms with Crippen LogP contribution >= 0.6 is 0 Å². The lowest BCUT2D eigenvalue weighted by atomic mass is 9.94. The Morgan fingerprint density at radius 3 is 0.920 bits per heavy atom. The molecule has 22 saturated heterocycles. The molecule has 33 nitrogen and oxygen atoms in total. The molecule has 0 saturated carbocycles. The molecule has 1 amide bonds. The third-order valence-electron chi connectivity index (χ3n) is 13.9. The first-order chi connectivity index (χ1) is 35.8. The van der Waals surface area contributed by atoms with E-state index in [1.807, 2.05) is 0 Å². The van der Waals surface area contributed by atoms with Gasteiger partial charge in [-0.15, -0.1) is 0 Å². The summed E-state index contributed by atoms with van der Waals surface area (Å²) in [7, 11) is 0. The van der Waals surface area contributed by atoms with Crippen molar-refractivity contribution in [2.75, 3.05) is 39.6 Å². The Hall–Kier alpha value is -2.74. The number of aliphatic hydroxyl groups is 17. The molecule has 75 heavy (non-hydrogen) atoms. The first kappa shape index (κ1) is 58.4. The summed E-state index contributed by atoms with van der Waals surface area (Å²) in [6.07, 6.45) is -58.7. The molecule has 0 unspecified atom stereocenters. The van der Waals surface area contributed by atoms with Gasteiger partial charge < -0.3 is 154 Å². The first-order valence-electron chi connectivity index (χ1n) is 23.7. The fourth-order valence-electron chi connectivity index (χ4n) is 9.85. The van der Waals surface area contributed by atoms with Crippen molar-refractivity contribution in [3.8, 4) is 5.88 Å². The van der Waals surface area contributed by atoms with Gasteiger partial charge >= 0.3 is 0 Å². The first-order valence-corrected chi connectivity index (χ1v) is 23.7. The van der Waals surface area contributed by atoms with Gasteiger partial charge in [-0.05, 0) is 12.1 Å². The number of carbonyl (C=O) groups is 1. The number of nitrogens with two attached hydrogens (primary N) is 1. The maximum absolute atomic E-state index is 12.5. The van der Waals surface area contributed by atoms with Crippen LogP contribution in [0, 0.1) is 0 Å². The Morgan fingerprint density at radius 2 is 0.653 bits per heavy atom. The summed E-state index contributed by atoms with van der Waals surface area (Å²) in [5.74, 6) is -1.62. The second-order valence-electron chi connectivity index (χ2n) is 18.7. The standard InChI is InChI=1S/C42H64N2O31/c43-35(62)10-2-1-3-44-36(10)69-34-27(61)42-68-16(9-50)33(34)75-41-26(60)21(55)31(14(7-48)67-41)73-39-24(58)19(53)29(12(5-46)65-39)71-37-22(56)17(51)28(11(4-45)63-37)70-38-23(57)18(52)30(13(6-47)64-38)72-40-25(59)20(54)32(74-42)15(8-49)66-40/h1-3,11-34,37-42,45-61H,4-9H2,(H2,43,62)/t11-,12-,13-,14-,15-,16-,17-,18-,19-,20-,21-,22-,23-,24-,25-,26-,27-,28-,29-,30-,31-,32-,33+,34-,37-,38-,39-,40-,41-,42-/m1/s1. The van der Waals surface area contributed by atoms with E-state index in [0.717, 1.165) is 6.20 Å². The molecular weight excluding hydrogens is 1030 g/mol. The fraction of sp³-hybridized carbons (Fsp3) is 0.857. The van der Waals surface area contributed by atoms with Gasteiger partial charge in [-0.3, -0.25) is 4.79 Å². The second kappa shape index (κ2) is 24.7. The summed E-state index contributed by atoms with van der Waals surface area (Å²) in [4.78, 5) is 16.5. The zero-order valence-electron chi connectivity index (χ0n) is 39.1. The molecule has 1 aromatic rings. The van der Waals surface area contributed by atoms with Gasteiger partial charge in [0.1, 0.15) is 146 Å². The molecule has 22 aliphatic rings. The molecule has 22 aliphatic heterocycles. The van der Waals surface area contributed by atoms with Gasteiger partial charge in [-0.1, -0.05) is 0 Å². The summed E-state index contributed by atoms with van der Waals surface area (Å²) in [5, 5.41) is 188. The highest BCUT2D eigenvalue weighted by Crippen LogP contribution is 2.39. The SMILES string of the molecule is NC(=O)c1cccnc1O[C@@H]1[C@@H](O)[C@H]2O[C@H]3[C@H](O)[C@@H](O)[C@@H](O[C@H]4[C@H](O)[C@@H](O)[C@@H](O[C@H]5[C@H](O)[C@@H](O)[C@@H](O[C@H]6[C@H](O)[C@@H](O)[C@@H](O[C@H]7[C@H](O)[C@@H](O)[C@@H](O[C@H]1[C@@H](CO)O2)O[C@@H]7CO)O[C@@H]6CO)O[C@@H]5CO)O[C@@H]4CO)O[C@@H]3CO. The van der Waals surface area contributed by atoms with Crippen molar-refractivity contribution in [1.82, 2.24) is 4.98 Å². The van der Waals surface area contributed by atoms with E-state index in [2.05, 4.69) is 4.98 Å². The predicted molar refractivity (Wildman–Crippen MR) is 227 cm³/mol. The van der Waals surface area contributed by atoms with Gasteiger partial charge in [0.15, 0.2) is 43.8 Å². The molecule has 30 atom stereocenters. The maximum atomic E-state index is 12.5. The Morgan fingerprint density at radius 1 is 0.400 bits per heavy atom. The number of hydrogen-bond donors (Lipinski definition) is 18. The van der Waals surface area contributed by atoms with Crippen molar-refractivity contribution >= 4 is 5.91 Å². The average Bonchev–Trinajstić information content (AvgIpc) is 3.40. The summed E-state index contributed by atoms with van der Waals surface area (Å²) in [6, 6.07) is 2.50. The zero-order valence-corrected chi connectivity index (χ0v) is 39.1. The summed E-state index contributed by atoms with van der Waals surface area (Å²) in [5.41, 5.74) is 5.20. The lowest BCUT2D eigenvalue weighted by Crippen LogP contribution is -2.69. The molecule has 12 bridgehead atoms. The molecule has 33 heteroatoms. The number of nitrogens with zero attached hydrogens (tertiary/aromatic N) is 1. The van der Waals surface area contributed by atoms with Crippen molar-refractivity contribution in [2.24, 2.45) is 5.73 Å². The van der Waals surface area contributed by atoms with E-state index in [1.165, 1.54) is 12.1 Å². The van der Waals surface area contributed by atoms with Crippen molar-refractivity contribution < 1.29 is 153 Å². The largest absolute Gasteiger partial charge is 0.468 e. The van der Waals surface area contributed by atoms with Gasteiger partial charge in [0, 0.05) is 6.20 Å². The third-order valence-corrected chi connectivity index (χ3v) is 13.9. The maximum Gasteiger partial charge on any atom is 0.254 e. The number of aromatic nitrogens is 1. The summed E-state index contributed by atoms with van der Waals surface area (Å²) < 4.78 is 75.4. The molecule has 19 N–H and O–H groups in total. The number of aliphatic hydroxyl groups excluding tert-OH is 17. The van der Waals surface area contributed by atoms with Crippen LogP contribution in [0.1, 0.15) is 10.4 Å². The third kappa shape index (κ3) is 11.5. The van der Waals surface area contributed by atoms with Gasteiger partial charge in [0.2, 0.25) is 5.88 Å². The Balaban J connectivity index is 1.14. The van der Waals surface area contributed by atoms with E-state index in [1.54, 1.807) is 0 Å². The molecular formula is C42H64N2O31. The molecule has 0 spiro atoms. The minimum absolute atomic E-state index is 0.357. The van der Waals surface area contributed by atoms with Crippen LogP contribution in [0.15, 0.2) is 18.3 Å². The van der Waals surface area contributed by atoms with Crippen LogP contribution in [0.25, 0.3) is 0 Å². The molecule has 23 rings (SSSR count). The number of rotatable bonds is 9. The molecule has 0 aliphatic carbocycles. The fourth-order valence-corrected chi connectivity index (χ4v) is 9.85. The number of amides is 1. The van der Waals surface area contributed by atoms with Gasteiger partial charge in [-0.25, -0.2) is 4.98 Å². The van der Waals surface area contributed by atoms with E-state index in [9.17, 15) is 91.6 Å². The molecule has 23 heterocycles. The minimum atomic E-state index is -2.23. The van der Waals surface area contributed by atoms with Crippen molar-refractivity contribution in [2.45, 2.75) is 184 Å². The highest BCUT2D eigenvalue weighted by atomic mass is 16.8. The van der Waals surface area contributed by atoms with Gasteiger partial charge in [0.05, 0.1) is 39.6 Å². The van der Waals surface area contributed by atoms with Gasteiger partial charge in [-0.2, -0.15) is 0 Å². The van der Waals surface area contributed by atoms with E-state index in [4.69, 9.17) is 67.3 Å². The van der Waals surface area contributed by atoms with E-state index in [0.29, 0.717) is 0 Å². The van der Waals surface area contributed by atoms with Crippen LogP contribution in [-0.2, 0) is 56.8 Å². The highest BCUT2D eigenvalue weighted by molar-refractivity contribution is 5.94. The molecule has 0 aromatic carbocycles. The highest BCUT2D eigenvalue weighted by Gasteiger charge is 2.59. The second-order valence-corrected chi connectivity index (χ2v) is 18.7. The van der Waals surface area contributed by atoms with Crippen LogP contribution in [0.3, 0.4) is 0 Å². The van der Waals surface area contributed by atoms with E-state index in [-0.39, 0.29) is 5.56 Å². The van der Waals surface area contributed by atoms with Crippen LogP contribution in [-0.4, -0.2) is 322 Å².